The van der Waals surface area contributed by atoms with E-state index < -0.39 is 0 Å². The first-order valence-electron chi connectivity index (χ1n) is 8.05. The highest BCUT2D eigenvalue weighted by molar-refractivity contribution is 5.83. The van der Waals surface area contributed by atoms with Crippen LogP contribution >= 0.6 is 0 Å². The molecule has 1 heterocycles. The molecule has 5 nitrogen and oxygen atoms in total. The summed E-state index contributed by atoms with van der Waals surface area (Å²) in [6.07, 6.45) is 5.45. The number of amides is 1. The van der Waals surface area contributed by atoms with Crippen LogP contribution < -0.4 is 11.1 Å². The van der Waals surface area contributed by atoms with Crippen LogP contribution in [-0.4, -0.2) is 68.6 Å². The van der Waals surface area contributed by atoms with E-state index in [2.05, 4.69) is 22.2 Å². The molecule has 0 aromatic carbocycles. The Hall–Kier alpha value is -0.650. The summed E-state index contributed by atoms with van der Waals surface area (Å²) >= 11 is 0. The van der Waals surface area contributed by atoms with Crippen molar-refractivity contribution < 1.29 is 4.79 Å². The molecule has 1 saturated heterocycles. The zero-order chi connectivity index (χ0) is 14.4. The molecular weight excluding hydrogens is 252 g/mol. The third kappa shape index (κ3) is 3.93. The second-order valence-corrected chi connectivity index (χ2v) is 6.45. The van der Waals surface area contributed by atoms with Crippen LogP contribution in [0.2, 0.25) is 0 Å². The second-order valence-electron chi connectivity index (χ2n) is 6.45. The fourth-order valence-corrected chi connectivity index (χ4v) is 3.34. The third-order valence-corrected chi connectivity index (χ3v) is 4.99. The molecule has 0 aromatic rings. The number of rotatable bonds is 5. The second kappa shape index (κ2) is 7.38. The van der Waals surface area contributed by atoms with E-state index in [4.69, 9.17) is 5.73 Å². The van der Waals surface area contributed by atoms with E-state index in [9.17, 15) is 4.79 Å². The lowest BCUT2D eigenvalue weighted by Gasteiger charge is -2.35. The van der Waals surface area contributed by atoms with Crippen LogP contribution in [0.5, 0.6) is 0 Å². The summed E-state index contributed by atoms with van der Waals surface area (Å²) in [6.45, 7) is 6.67. The van der Waals surface area contributed by atoms with E-state index >= 15 is 0 Å². The molecule has 1 aliphatic carbocycles. The Labute approximate surface area is 122 Å². The predicted molar refractivity (Wildman–Crippen MR) is 81.5 cm³/mol. The van der Waals surface area contributed by atoms with Gasteiger partial charge in [0, 0.05) is 45.8 Å². The van der Waals surface area contributed by atoms with Crippen molar-refractivity contribution in [1.29, 1.82) is 0 Å². The smallest absolute Gasteiger partial charge is 0.227 e. The minimum atomic E-state index is -0.277. The summed E-state index contributed by atoms with van der Waals surface area (Å²) in [7, 11) is 2.16. The molecule has 3 N–H and O–H groups in total. The van der Waals surface area contributed by atoms with Gasteiger partial charge in [-0.15, -0.1) is 0 Å². The Morgan fingerprint density at radius 2 is 1.80 bits per heavy atom. The normalized spacial score (nSPS) is 24.5. The van der Waals surface area contributed by atoms with E-state index in [1.807, 2.05) is 0 Å². The number of nitrogens with zero attached hydrogens (tertiary/aromatic N) is 2. The summed E-state index contributed by atoms with van der Waals surface area (Å²) in [5.41, 5.74) is 5.61. The van der Waals surface area contributed by atoms with Crippen LogP contribution in [0.15, 0.2) is 0 Å². The van der Waals surface area contributed by atoms with Crippen molar-refractivity contribution in [3.05, 3.63) is 0 Å². The fourth-order valence-electron chi connectivity index (χ4n) is 3.34. The van der Waals surface area contributed by atoms with Crippen molar-refractivity contribution in [1.82, 2.24) is 15.1 Å². The SMILES string of the molecule is CN1CCN(CCNC(=O)C2(CN)CCCCC2)CC1. The topological polar surface area (TPSA) is 61.6 Å². The molecule has 0 bridgehead atoms. The van der Waals surface area contributed by atoms with Gasteiger partial charge in [0.2, 0.25) is 5.91 Å². The highest BCUT2D eigenvalue weighted by Gasteiger charge is 2.37. The van der Waals surface area contributed by atoms with Gasteiger partial charge in [-0.25, -0.2) is 0 Å². The van der Waals surface area contributed by atoms with Gasteiger partial charge in [0.05, 0.1) is 5.41 Å². The molecule has 5 heteroatoms. The number of nitrogens with one attached hydrogen (secondary N) is 1. The van der Waals surface area contributed by atoms with E-state index in [1.54, 1.807) is 0 Å². The van der Waals surface area contributed by atoms with E-state index in [0.29, 0.717) is 6.54 Å². The average molecular weight is 282 g/mol. The molecule has 1 saturated carbocycles. The van der Waals surface area contributed by atoms with Gasteiger partial charge >= 0.3 is 0 Å². The summed E-state index contributed by atoms with van der Waals surface area (Å²) in [4.78, 5) is 17.2. The Bertz CT molecular complexity index is 307. The number of hydrogen-bond donors (Lipinski definition) is 2. The summed E-state index contributed by atoms with van der Waals surface area (Å²) < 4.78 is 0. The predicted octanol–water partition coefficient (Wildman–Crippen LogP) is 0.259. The number of likely N-dealkylation sites (N-methyl/N-ethyl adjacent to an activating group) is 1. The molecule has 0 spiro atoms. The van der Waals surface area contributed by atoms with Crippen LogP contribution in [0.1, 0.15) is 32.1 Å². The summed E-state index contributed by atoms with van der Waals surface area (Å²) in [6, 6.07) is 0. The lowest BCUT2D eigenvalue weighted by Crippen LogP contribution is -2.50. The number of hydrogen-bond acceptors (Lipinski definition) is 4. The maximum absolute atomic E-state index is 12.4. The van der Waals surface area contributed by atoms with E-state index in [0.717, 1.165) is 65.0 Å². The lowest BCUT2D eigenvalue weighted by atomic mass is 9.73. The van der Waals surface area contributed by atoms with Crippen LogP contribution in [0.3, 0.4) is 0 Å². The van der Waals surface area contributed by atoms with Crippen LogP contribution in [0, 0.1) is 5.41 Å². The molecular formula is C15H30N4O. The Morgan fingerprint density at radius 1 is 1.15 bits per heavy atom. The van der Waals surface area contributed by atoms with Gasteiger partial charge in [0.25, 0.3) is 0 Å². The van der Waals surface area contributed by atoms with Crippen LogP contribution in [0.4, 0.5) is 0 Å². The Kier molecular flexibility index (Phi) is 5.81. The highest BCUT2D eigenvalue weighted by atomic mass is 16.2. The maximum atomic E-state index is 12.4. The van der Waals surface area contributed by atoms with Crippen LogP contribution in [0.25, 0.3) is 0 Å². The van der Waals surface area contributed by atoms with Gasteiger partial charge < -0.3 is 16.0 Å². The van der Waals surface area contributed by atoms with Gasteiger partial charge in [-0.1, -0.05) is 19.3 Å². The number of piperazine rings is 1. The van der Waals surface area contributed by atoms with Gasteiger partial charge in [0.1, 0.15) is 0 Å². The van der Waals surface area contributed by atoms with Gasteiger partial charge in [-0.3, -0.25) is 9.69 Å². The quantitative estimate of drug-likeness (QED) is 0.759. The minimum Gasteiger partial charge on any atom is -0.354 e. The zero-order valence-corrected chi connectivity index (χ0v) is 12.9. The monoisotopic (exact) mass is 282 g/mol. The fraction of sp³-hybridized carbons (Fsp3) is 0.933. The number of carbonyl (C=O) groups is 1. The summed E-state index contributed by atoms with van der Waals surface area (Å²) in [5, 5.41) is 3.13. The molecule has 0 unspecified atom stereocenters. The largest absolute Gasteiger partial charge is 0.354 e. The first-order valence-corrected chi connectivity index (χ1v) is 8.05. The van der Waals surface area contributed by atoms with Crippen molar-refractivity contribution in [3.8, 4) is 0 Å². The van der Waals surface area contributed by atoms with Crippen molar-refractivity contribution >= 4 is 5.91 Å². The molecule has 20 heavy (non-hydrogen) atoms. The molecule has 0 atom stereocenters. The Morgan fingerprint density at radius 3 is 2.40 bits per heavy atom. The van der Waals surface area contributed by atoms with Crippen LogP contribution in [-0.2, 0) is 4.79 Å². The summed E-state index contributed by atoms with van der Waals surface area (Å²) in [5.74, 6) is 0.189. The van der Waals surface area contributed by atoms with Crippen molar-refractivity contribution in [2.45, 2.75) is 32.1 Å². The Balaban J connectivity index is 1.71. The molecule has 0 aromatic heterocycles. The first kappa shape index (κ1) is 15.7. The molecule has 2 aliphatic rings. The van der Waals surface area contributed by atoms with Crippen molar-refractivity contribution in [3.63, 3.8) is 0 Å². The van der Waals surface area contributed by atoms with Gasteiger partial charge in [0.15, 0.2) is 0 Å². The molecule has 1 aliphatic heterocycles. The first-order chi connectivity index (χ1) is 9.66. The molecule has 1 amide bonds. The zero-order valence-electron chi connectivity index (χ0n) is 12.9. The van der Waals surface area contributed by atoms with E-state index in [1.165, 1.54) is 6.42 Å². The molecule has 116 valence electrons. The lowest BCUT2D eigenvalue weighted by molar-refractivity contribution is -0.132. The number of carbonyl (C=O) groups excluding carboxylic acids is 1. The third-order valence-electron chi connectivity index (χ3n) is 4.99. The minimum absolute atomic E-state index is 0.189. The highest BCUT2D eigenvalue weighted by Crippen LogP contribution is 2.35. The average Bonchev–Trinajstić information content (AvgIpc) is 2.50. The molecule has 2 fully saturated rings. The number of nitrogens with two attached hydrogens (primary N) is 1. The molecule has 2 rings (SSSR count). The van der Waals surface area contributed by atoms with Gasteiger partial charge in [-0.2, -0.15) is 0 Å². The van der Waals surface area contributed by atoms with Crippen molar-refractivity contribution in [2.24, 2.45) is 11.1 Å². The molecule has 0 radical (unpaired) electrons. The van der Waals surface area contributed by atoms with E-state index in [-0.39, 0.29) is 11.3 Å². The standard InChI is InChI=1S/C15H30N4O/c1-18-9-11-19(12-10-18)8-7-17-14(20)15(13-16)5-3-2-4-6-15/h2-13,16H2,1H3,(H,17,20). The van der Waals surface area contributed by atoms with Gasteiger partial charge in [-0.05, 0) is 19.9 Å². The maximum Gasteiger partial charge on any atom is 0.227 e. The van der Waals surface area contributed by atoms with Crippen molar-refractivity contribution in [2.75, 3.05) is 52.9 Å².